The molecule has 28 heavy (non-hydrogen) atoms. The van der Waals surface area contributed by atoms with Crippen molar-refractivity contribution in [2.24, 2.45) is 0 Å². The fourth-order valence-corrected chi connectivity index (χ4v) is 3.73. The van der Waals surface area contributed by atoms with E-state index in [-0.39, 0.29) is 12.1 Å². The third-order valence-electron chi connectivity index (χ3n) is 5.09. The second-order valence-electron chi connectivity index (χ2n) is 7.30. The molecule has 1 fully saturated rings. The maximum absolute atomic E-state index is 12.5. The normalized spacial score (nSPS) is 17.5. The Labute approximate surface area is 164 Å². The molecule has 0 bridgehead atoms. The van der Waals surface area contributed by atoms with Gasteiger partial charge in [0.25, 0.3) is 0 Å². The van der Waals surface area contributed by atoms with Gasteiger partial charge in [-0.1, -0.05) is 13.0 Å². The zero-order valence-electron chi connectivity index (χ0n) is 16.1. The lowest BCUT2D eigenvalue weighted by Crippen LogP contribution is -2.48. The number of pyridine rings is 1. The number of hydrogen-bond donors (Lipinski definition) is 3. The third kappa shape index (κ3) is 4.48. The van der Waals surface area contributed by atoms with Gasteiger partial charge in [-0.3, -0.25) is 9.88 Å². The molecule has 1 unspecified atom stereocenters. The highest BCUT2D eigenvalue weighted by atomic mass is 16.2. The number of anilines is 1. The molecule has 3 N–H and O–H groups in total. The molecule has 3 heterocycles. The molecule has 1 saturated heterocycles. The lowest BCUT2D eigenvalue weighted by atomic mass is 10.1. The number of H-pyrrole nitrogens is 1. The number of carbonyl (C=O) groups is 1. The monoisotopic (exact) mass is 378 g/mol. The van der Waals surface area contributed by atoms with Crippen LogP contribution in [0, 0.1) is 0 Å². The summed E-state index contributed by atoms with van der Waals surface area (Å²) in [6, 6.07) is 9.77. The molecule has 1 aliphatic rings. The SMILES string of the molecule is CCc1nc2ccc(NC(=O)NC3CCCN(Cc4cccnc4)C3)cc2[nH]1. The first kappa shape index (κ1) is 18.4. The highest BCUT2D eigenvalue weighted by Crippen LogP contribution is 2.18. The summed E-state index contributed by atoms with van der Waals surface area (Å²) < 4.78 is 0. The number of carbonyl (C=O) groups excluding carboxylic acids is 1. The number of likely N-dealkylation sites (tertiary alicyclic amines) is 1. The van der Waals surface area contributed by atoms with E-state index in [1.54, 1.807) is 6.20 Å². The molecule has 1 aliphatic heterocycles. The van der Waals surface area contributed by atoms with Gasteiger partial charge in [-0.2, -0.15) is 0 Å². The third-order valence-corrected chi connectivity index (χ3v) is 5.09. The van der Waals surface area contributed by atoms with Gasteiger partial charge >= 0.3 is 6.03 Å². The summed E-state index contributed by atoms with van der Waals surface area (Å²) in [6.07, 6.45) is 6.62. The Hall–Kier alpha value is -2.93. The second-order valence-corrected chi connectivity index (χ2v) is 7.30. The Morgan fingerprint density at radius 3 is 3.11 bits per heavy atom. The van der Waals surface area contributed by atoms with Crippen LogP contribution in [-0.4, -0.2) is 45.0 Å². The lowest BCUT2D eigenvalue weighted by molar-refractivity contribution is 0.183. The molecular formula is C21H26N6O. The number of urea groups is 1. The molecule has 2 aromatic heterocycles. The van der Waals surface area contributed by atoms with Crippen LogP contribution in [0.3, 0.4) is 0 Å². The Morgan fingerprint density at radius 2 is 2.29 bits per heavy atom. The van der Waals surface area contributed by atoms with Crippen molar-refractivity contribution in [1.82, 2.24) is 25.2 Å². The van der Waals surface area contributed by atoms with Crippen molar-refractivity contribution < 1.29 is 4.79 Å². The van der Waals surface area contributed by atoms with E-state index >= 15 is 0 Å². The predicted molar refractivity (Wildman–Crippen MR) is 110 cm³/mol. The fraction of sp³-hybridized carbons (Fsp3) is 0.381. The molecule has 146 valence electrons. The Balaban J connectivity index is 1.32. The number of amides is 2. The molecule has 2 amide bonds. The van der Waals surface area contributed by atoms with Crippen molar-refractivity contribution in [3.63, 3.8) is 0 Å². The van der Waals surface area contributed by atoms with Crippen molar-refractivity contribution in [2.75, 3.05) is 18.4 Å². The van der Waals surface area contributed by atoms with Crippen LogP contribution in [0.15, 0.2) is 42.7 Å². The fourth-order valence-electron chi connectivity index (χ4n) is 3.73. The van der Waals surface area contributed by atoms with Gasteiger partial charge in [-0.25, -0.2) is 9.78 Å². The molecule has 0 spiro atoms. The van der Waals surface area contributed by atoms with Gasteiger partial charge in [0.05, 0.1) is 11.0 Å². The number of fused-ring (bicyclic) bond motifs is 1. The lowest BCUT2D eigenvalue weighted by Gasteiger charge is -2.33. The highest BCUT2D eigenvalue weighted by molar-refractivity contribution is 5.92. The summed E-state index contributed by atoms with van der Waals surface area (Å²) in [5.74, 6) is 0.951. The minimum atomic E-state index is -0.164. The zero-order valence-corrected chi connectivity index (χ0v) is 16.1. The number of benzene rings is 1. The average molecular weight is 378 g/mol. The molecule has 7 nitrogen and oxygen atoms in total. The van der Waals surface area contributed by atoms with Crippen LogP contribution < -0.4 is 10.6 Å². The standard InChI is InChI=1S/C21H26N6O/c1-2-20-25-18-8-7-16(11-19(18)26-20)23-21(28)24-17-6-4-10-27(14-17)13-15-5-3-9-22-12-15/h3,5,7-9,11-12,17H,2,4,6,10,13-14H2,1H3,(H,25,26)(H2,23,24,28). The predicted octanol–water partition coefficient (Wildman–Crippen LogP) is 3.31. The first-order chi connectivity index (χ1) is 13.7. The van der Waals surface area contributed by atoms with E-state index in [0.29, 0.717) is 0 Å². The first-order valence-electron chi connectivity index (χ1n) is 9.87. The summed E-state index contributed by atoms with van der Waals surface area (Å²) in [4.78, 5) is 26.8. The van der Waals surface area contributed by atoms with E-state index in [1.807, 2.05) is 30.5 Å². The van der Waals surface area contributed by atoms with Crippen molar-refractivity contribution in [1.29, 1.82) is 0 Å². The van der Waals surface area contributed by atoms with Crippen LogP contribution in [0.1, 0.15) is 31.2 Å². The van der Waals surface area contributed by atoms with Crippen LogP contribution >= 0.6 is 0 Å². The van der Waals surface area contributed by atoms with Gasteiger partial charge < -0.3 is 15.6 Å². The van der Waals surface area contributed by atoms with E-state index in [2.05, 4.69) is 43.5 Å². The van der Waals surface area contributed by atoms with Crippen LogP contribution in [0.2, 0.25) is 0 Å². The summed E-state index contributed by atoms with van der Waals surface area (Å²) in [7, 11) is 0. The van der Waals surface area contributed by atoms with E-state index in [1.165, 1.54) is 5.56 Å². The quantitative estimate of drug-likeness (QED) is 0.636. The maximum atomic E-state index is 12.5. The molecule has 3 aromatic rings. The number of hydrogen-bond acceptors (Lipinski definition) is 4. The molecule has 0 aliphatic carbocycles. The van der Waals surface area contributed by atoms with Crippen LogP contribution in [0.4, 0.5) is 10.5 Å². The summed E-state index contributed by atoms with van der Waals surface area (Å²) >= 11 is 0. The molecule has 7 heteroatoms. The minimum absolute atomic E-state index is 0.146. The van der Waals surface area contributed by atoms with Crippen molar-refractivity contribution in [2.45, 2.75) is 38.8 Å². The molecule has 1 atom stereocenters. The molecule has 1 aromatic carbocycles. The van der Waals surface area contributed by atoms with Crippen LogP contribution in [-0.2, 0) is 13.0 Å². The van der Waals surface area contributed by atoms with Crippen LogP contribution in [0.5, 0.6) is 0 Å². The number of aryl methyl sites for hydroxylation is 1. The number of nitrogens with one attached hydrogen (secondary N) is 3. The van der Waals surface area contributed by atoms with Crippen molar-refractivity contribution in [3.8, 4) is 0 Å². The van der Waals surface area contributed by atoms with Gasteiger partial charge in [0.15, 0.2) is 0 Å². The molecular weight excluding hydrogens is 352 g/mol. The first-order valence-corrected chi connectivity index (χ1v) is 9.87. The largest absolute Gasteiger partial charge is 0.342 e. The molecule has 0 radical (unpaired) electrons. The van der Waals surface area contributed by atoms with Gasteiger partial charge in [0.1, 0.15) is 5.82 Å². The molecule has 0 saturated carbocycles. The zero-order chi connectivity index (χ0) is 19.3. The minimum Gasteiger partial charge on any atom is -0.342 e. The van der Waals surface area contributed by atoms with Gasteiger partial charge in [-0.15, -0.1) is 0 Å². The van der Waals surface area contributed by atoms with E-state index < -0.39 is 0 Å². The summed E-state index contributed by atoms with van der Waals surface area (Å²) in [5.41, 5.74) is 3.82. The number of piperidine rings is 1. The summed E-state index contributed by atoms with van der Waals surface area (Å²) in [5, 5.41) is 6.06. The topological polar surface area (TPSA) is 85.9 Å². The number of imidazole rings is 1. The van der Waals surface area contributed by atoms with E-state index in [0.717, 1.165) is 61.4 Å². The van der Waals surface area contributed by atoms with Gasteiger partial charge in [0, 0.05) is 43.6 Å². The van der Waals surface area contributed by atoms with Gasteiger partial charge in [-0.05, 0) is 49.2 Å². The molecule has 4 rings (SSSR count). The summed E-state index contributed by atoms with van der Waals surface area (Å²) in [6.45, 7) is 4.82. The second kappa shape index (κ2) is 8.39. The average Bonchev–Trinajstić information content (AvgIpc) is 3.11. The van der Waals surface area contributed by atoms with E-state index in [4.69, 9.17) is 0 Å². The van der Waals surface area contributed by atoms with Crippen LogP contribution in [0.25, 0.3) is 11.0 Å². The maximum Gasteiger partial charge on any atom is 0.319 e. The number of aromatic amines is 1. The Kier molecular flexibility index (Phi) is 5.53. The van der Waals surface area contributed by atoms with Gasteiger partial charge in [0.2, 0.25) is 0 Å². The van der Waals surface area contributed by atoms with Crippen molar-refractivity contribution in [3.05, 3.63) is 54.1 Å². The van der Waals surface area contributed by atoms with Crippen molar-refractivity contribution >= 4 is 22.8 Å². The smallest absolute Gasteiger partial charge is 0.319 e. The Bertz CT molecular complexity index is 938. The highest BCUT2D eigenvalue weighted by Gasteiger charge is 2.21. The number of rotatable bonds is 5. The van der Waals surface area contributed by atoms with E-state index in [9.17, 15) is 4.79 Å². The Morgan fingerprint density at radius 1 is 1.36 bits per heavy atom. The number of nitrogens with zero attached hydrogens (tertiary/aromatic N) is 3. The number of aromatic nitrogens is 3.